The molecule has 0 radical (unpaired) electrons. The van der Waals surface area contributed by atoms with Crippen LogP contribution < -0.4 is 15.0 Å². The van der Waals surface area contributed by atoms with Crippen molar-refractivity contribution in [1.82, 2.24) is 9.97 Å². The number of nitro benzene ring substituents is 1. The fourth-order valence-corrected chi connectivity index (χ4v) is 4.65. The predicted molar refractivity (Wildman–Crippen MR) is 141 cm³/mol. The number of amides is 1. The van der Waals surface area contributed by atoms with E-state index in [4.69, 9.17) is 14.2 Å². The molecular weight excluding hydrogens is 525 g/mol. The molecule has 3 aromatic rings. The van der Waals surface area contributed by atoms with Gasteiger partial charge in [-0.2, -0.15) is 0 Å². The number of nitro groups is 1. The third-order valence-electron chi connectivity index (χ3n) is 6.67. The lowest BCUT2D eigenvalue weighted by Crippen LogP contribution is -2.37. The number of ether oxygens (including phenoxy) is 3. The van der Waals surface area contributed by atoms with Gasteiger partial charge in [0, 0.05) is 36.0 Å². The summed E-state index contributed by atoms with van der Waals surface area (Å²) in [5, 5.41) is 14.0. The zero-order valence-electron chi connectivity index (χ0n) is 21.3. The minimum atomic E-state index is -0.878. The number of carbonyl (C=O) groups is 2. The molecule has 2 heterocycles. The Bertz CT molecular complexity index is 1400. The van der Waals surface area contributed by atoms with E-state index in [1.807, 2.05) is 0 Å². The first-order valence-electron chi connectivity index (χ1n) is 12.8. The first-order valence-corrected chi connectivity index (χ1v) is 12.8. The van der Waals surface area contributed by atoms with Crippen LogP contribution in [0.2, 0.25) is 0 Å². The van der Waals surface area contributed by atoms with E-state index in [9.17, 15) is 24.1 Å². The van der Waals surface area contributed by atoms with Crippen LogP contribution in [0.1, 0.15) is 32.1 Å². The zero-order chi connectivity index (χ0) is 28.1. The second-order valence-electron chi connectivity index (χ2n) is 9.40. The summed E-state index contributed by atoms with van der Waals surface area (Å²) in [6.45, 7) is 0.896. The molecule has 208 valence electrons. The fourth-order valence-electron chi connectivity index (χ4n) is 4.65. The standard InChI is InChI=1S/C27H26FN5O7/c28-23-16-29-25(31-24(23)17-3-1-4-20(15-17)32-13-2-14-38-26(32)34)30-18-5-9-21(10-6-18)39-27(35)40-22-11-7-19(8-12-22)33(36)37/h1,3-4,7-8,11-12,15-16,18,21H,2,5-6,9-10,13-14H2,(H,29,30,31)/t18-,21-. The van der Waals surface area contributed by atoms with Crippen molar-refractivity contribution in [3.63, 3.8) is 0 Å². The van der Waals surface area contributed by atoms with Crippen molar-refractivity contribution in [1.29, 1.82) is 0 Å². The normalized spacial score (nSPS) is 18.9. The minimum Gasteiger partial charge on any atom is -0.449 e. The summed E-state index contributed by atoms with van der Waals surface area (Å²) in [6.07, 6.45) is 2.58. The van der Waals surface area contributed by atoms with E-state index in [1.165, 1.54) is 29.2 Å². The topological polar surface area (TPSA) is 146 Å². The van der Waals surface area contributed by atoms with Gasteiger partial charge in [0.05, 0.1) is 17.7 Å². The maximum atomic E-state index is 14.7. The third-order valence-corrected chi connectivity index (χ3v) is 6.67. The molecule has 1 N–H and O–H groups in total. The first kappa shape index (κ1) is 26.8. The third kappa shape index (κ3) is 6.42. The molecule has 40 heavy (non-hydrogen) atoms. The average Bonchev–Trinajstić information content (AvgIpc) is 2.96. The SMILES string of the molecule is O=C(Oc1ccc([N+](=O)[O-])cc1)O[C@H]1CC[C@H](Nc2ncc(F)c(-c3cccc(N4CCCOC4=O)c3)n2)CC1. The molecule has 0 bridgehead atoms. The Hall–Kier alpha value is -4.81. The van der Waals surface area contributed by atoms with Crippen LogP contribution in [0, 0.1) is 15.9 Å². The number of non-ortho nitro benzene ring substituents is 1. The van der Waals surface area contributed by atoms with Crippen molar-refractivity contribution in [2.24, 2.45) is 0 Å². The summed E-state index contributed by atoms with van der Waals surface area (Å²) in [5.41, 5.74) is 1.10. The maximum absolute atomic E-state index is 14.7. The second kappa shape index (κ2) is 11.9. The zero-order valence-corrected chi connectivity index (χ0v) is 21.3. The molecule has 2 aliphatic rings. The van der Waals surface area contributed by atoms with Gasteiger partial charge >= 0.3 is 12.2 Å². The number of aromatic nitrogens is 2. The van der Waals surface area contributed by atoms with Crippen LogP contribution in [0.5, 0.6) is 5.75 Å². The van der Waals surface area contributed by atoms with E-state index in [0.717, 1.165) is 6.20 Å². The van der Waals surface area contributed by atoms with Crippen molar-refractivity contribution in [2.45, 2.75) is 44.2 Å². The Morgan fingerprint density at radius 3 is 2.65 bits per heavy atom. The van der Waals surface area contributed by atoms with Crippen molar-refractivity contribution in [2.75, 3.05) is 23.4 Å². The summed E-state index contributed by atoms with van der Waals surface area (Å²) in [7, 11) is 0. The van der Waals surface area contributed by atoms with Crippen molar-refractivity contribution < 1.29 is 33.1 Å². The highest BCUT2D eigenvalue weighted by Gasteiger charge is 2.26. The Kier molecular flexibility index (Phi) is 7.99. The van der Waals surface area contributed by atoms with Crippen LogP contribution in [-0.4, -0.2) is 52.4 Å². The number of nitrogens with zero attached hydrogens (tertiary/aromatic N) is 4. The summed E-state index contributed by atoms with van der Waals surface area (Å²) >= 11 is 0. The van der Waals surface area contributed by atoms with E-state index in [0.29, 0.717) is 56.5 Å². The Morgan fingerprint density at radius 2 is 1.93 bits per heavy atom. The molecule has 0 unspecified atom stereocenters. The molecule has 1 saturated heterocycles. The summed E-state index contributed by atoms with van der Waals surface area (Å²) in [5.74, 6) is -0.176. The lowest BCUT2D eigenvalue weighted by atomic mass is 9.93. The van der Waals surface area contributed by atoms with Crippen LogP contribution in [-0.2, 0) is 9.47 Å². The number of hydrogen-bond donors (Lipinski definition) is 1. The van der Waals surface area contributed by atoms with Gasteiger partial charge in [-0.05, 0) is 56.4 Å². The molecule has 12 nitrogen and oxygen atoms in total. The van der Waals surface area contributed by atoms with Gasteiger partial charge in [0.2, 0.25) is 5.95 Å². The highest BCUT2D eigenvalue weighted by molar-refractivity contribution is 5.89. The van der Waals surface area contributed by atoms with Gasteiger partial charge in [-0.3, -0.25) is 15.0 Å². The van der Waals surface area contributed by atoms with Gasteiger partial charge in [-0.15, -0.1) is 0 Å². The molecular formula is C27H26FN5O7. The first-order chi connectivity index (χ1) is 19.4. The van der Waals surface area contributed by atoms with Gasteiger partial charge in [0.15, 0.2) is 5.82 Å². The van der Waals surface area contributed by atoms with E-state index in [-0.39, 0.29) is 35.2 Å². The number of nitrogens with one attached hydrogen (secondary N) is 1. The van der Waals surface area contributed by atoms with E-state index in [1.54, 1.807) is 24.3 Å². The van der Waals surface area contributed by atoms with Crippen LogP contribution in [0.15, 0.2) is 54.7 Å². The number of halogens is 1. The van der Waals surface area contributed by atoms with E-state index in [2.05, 4.69) is 15.3 Å². The van der Waals surface area contributed by atoms with Crippen molar-refractivity contribution in [3.05, 3.63) is 70.7 Å². The molecule has 1 saturated carbocycles. The fraction of sp³-hybridized carbons (Fsp3) is 0.333. The van der Waals surface area contributed by atoms with Crippen LogP contribution in [0.4, 0.5) is 31.3 Å². The Balaban J connectivity index is 1.16. The van der Waals surface area contributed by atoms with Gasteiger partial charge in [-0.25, -0.2) is 23.9 Å². The lowest BCUT2D eigenvalue weighted by molar-refractivity contribution is -0.384. The monoisotopic (exact) mass is 551 g/mol. The molecule has 1 aliphatic carbocycles. The number of carbonyl (C=O) groups excluding carboxylic acids is 2. The molecule has 2 aromatic carbocycles. The molecule has 1 aliphatic heterocycles. The molecule has 13 heteroatoms. The van der Waals surface area contributed by atoms with Crippen molar-refractivity contribution in [3.8, 4) is 17.0 Å². The Labute approximate surface area is 228 Å². The highest BCUT2D eigenvalue weighted by Crippen LogP contribution is 2.29. The van der Waals surface area contributed by atoms with Crippen LogP contribution in [0.3, 0.4) is 0 Å². The lowest BCUT2D eigenvalue weighted by Gasteiger charge is -2.28. The summed E-state index contributed by atoms with van der Waals surface area (Å²) < 4.78 is 30.3. The largest absolute Gasteiger partial charge is 0.514 e. The number of hydrogen-bond acceptors (Lipinski definition) is 10. The Morgan fingerprint density at radius 1 is 1.15 bits per heavy atom. The molecule has 2 fully saturated rings. The number of anilines is 2. The summed E-state index contributed by atoms with van der Waals surface area (Å²) in [4.78, 5) is 44.4. The smallest absolute Gasteiger partial charge is 0.449 e. The molecule has 1 amide bonds. The van der Waals surface area contributed by atoms with Gasteiger partial charge < -0.3 is 19.5 Å². The quantitative estimate of drug-likeness (QED) is 0.173. The predicted octanol–water partition coefficient (Wildman–Crippen LogP) is 5.48. The maximum Gasteiger partial charge on any atom is 0.514 e. The number of benzene rings is 2. The van der Waals surface area contributed by atoms with E-state index >= 15 is 0 Å². The number of rotatable bonds is 7. The highest BCUT2D eigenvalue weighted by atomic mass is 19.1. The van der Waals surface area contributed by atoms with Crippen LogP contribution >= 0.6 is 0 Å². The average molecular weight is 552 g/mol. The molecule has 1 aromatic heterocycles. The van der Waals surface area contributed by atoms with Gasteiger partial charge in [0.25, 0.3) is 5.69 Å². The van der Waals surface area contributed by atoms with Gasteiger partial charge in [-0.1, -0.05) is 12.1 Å². The molecule has 0 spiro atoms. The second-order valence-corrected chi connectivity index (χ2v) is 9.40. The van der Waals surface area contributed by atoms with E-state index < -0.39 is 23.0 Å². The van der Waals surface area contributed by atoms with Gasteiger partial charge in [0.1, 0.15) is 17.5 Å². The van der Waals surface area contributed by atoms with Crippen molar-refractivity contribution >= 4 is 29.6 Å². The summed E-state index contributed by atoms with van der Waals surface area (Å²) in [6, 6.07) is 12.0. The molecule has 5 rings (SSSR count). The van der Waals surface area contributed by atoms with Crippen LogP contribution in [0.25, 0.3) is 11.3 Å². The number of cyclic esters (lactones) is 1. The minimum absolute atomic E-state index is 0.0155. The molecule has 0 atom stereocenters.